The van der Waals surface area contributed by atoms with E-state index >= 15 is 0 Å². The zero-order valence-corrected chi connectivity index (χ0v) is 12.0. The summed E-state index contributed by atoms with van der Waals surface area (Å²) in [5, 5.41) is 3.66. The smallest absolute Gasteiger partial charge is 0.287 e. The van der Waals surface area contributed by atoms with Gasteiger partial charge in [-0.25, -0.2) is 5.84 Å². The maximum absolute atomic E-state index is 11.3. The fourth-order valence-electron chi connectivity index (χ4n) is 1.97. The number of carbonyl (C=O) groups excluding carboxylic acids is 1. The Labute approximate surface area is 122 Å². The molecule has 1 aromatic carbocycles. The van der Waals surface area contributed by atoms with Crippen molar-refractivity contribution in [3.05, 3.63) is 47.3 Å². The third-order valence-electron chi connectivity index (χ3n) is 2.94. The number of nitrogens with zero attached hydrogens (tertiary/aromatic N) is 2. The number of carbonyl (C=O) groups is 1. The second kappa shape index (κ2) is 6.87. The summed E-state index contributed by atoms with van der Waals surface area (Å²) in [6.07, 6.45) is 0. The summed E-state index contributed by atoms with van der Waals surface area (Å²) in [6.45, 7) is 1.25. The molecule has 0 aliphatic heterocycles. The molecule has 0 atom stereocenters. The van der Waals surface area contributed by atoms with E-state index in [1.165, 1.54) is 0 Å². The van der Waals surface area contributed by atoms with E-state index in [-0.39, 0.29) is 5.69 Å². The highest BCUT2D eigenvalue weighted by molar-refractivity contribution is 5.91. The van der Waals surface area contributed by atoms with Crippen LogP contribution in [0.3, 0.4) is 0 Å². The Hall–Kier alpha value is -2.38. The van der Waals surface area contributed by atoms with Gasteiger partial charge in [-0.3, -0.25) is 15.1 Å². The minimum atomic E-state index is -0.472. The molecule has 0 spiro atoms. The van der Waals surface area contributed by atoms with E-state index in [1.807, 2.05) is 41.6 Å². The van der Waals surface area contributed by atoms with E-state index < -0.39 is 5.91 Å². The van der Waals surface area contributed by atoms with Crippen LogP contribution < -0.4 is 16.0 Å². The predicted octanol–water partition coefficient (Wildman–Crippen LogP) is 0.919. The van der Waals surface area contributed by atoms with Gasteiger partial charge >= 0.3 is 0 Å². The van der Waals surface area contributed by atoms with Crippen molar-refractivity contribution in [3.8, 4) is 5.75 Å². The lowest BCUT2D eigenvalue weighted by molar-refractivity contribution is 0.0944. The molecular weight excluding hydrogens is 272 g/mol. The zero-order chi connectivity index (χ0) is 15.2. The lowest BCUT2D eigenvalue weighted by atomic mass is 10.2. The van der Waals surface area contributed by atoms with E-state index in [1.54, 1.807) is 13.2 Å². The van der Waals surface area contributed by atoms with Gasteiger partial charge < -0.3 is 9.26 Å². The zero-order valence-electron chi connectivity index (χ0n) is 12.0. The van der Waals surface area contributed by atoms with Gasteiger partial charge in [0.25, 0.3) is 5.91 Å². The van der Waals surface area contributed by atoms with Crippen molar-refractivity contribution in [2.75, 3.05) is 14.2 Å². The Kier molecular flexibility index (Phi) is 4.91. The summed E-state index contributed by atoms with van der Waals surface area (Å²) in [5.74, 6) is 5.99. The largest absolute Gasteiger partial charge is 0.497 e. The second-order valence-corrected chi connectivity index (χ2v) is 4.68. The first-order valence-electron chi connectivity index (χ1n) is 6.40. The first kappa shape index (κ1) is 15.0. The van der Waals surface area contributed by atoms with Crippen molar-refractivity contribution < 1.29 is 14.1 Å². The standard InChI is InChI=1S/C14H18N4O3/c1-18(8-10-4-3-5-11(6-10)20-2)9-12-7-13(17-21-12)14(19)16-15/h3-7H,8-9,15H2,1-2H3,(H,16,19). The summed E-state index contributed by atoms with van der Waals surface area (Å²) >= 11 is 0. The van der Waals surface area contributed by atoms with Crippen LogP contribution in [0.15, 0.2) is 34.9 Å². The number of hydrogen-bond acceptors (Lipinski definition) is 6. The second-order valence-electron chi connectivity index (χ2n) is 4.68. The van der Waals surface area contributed by atoms with Gasteiger partial charge in [0.15, 0.2) is 11.5 Å². The minimum Gasteiger partial charge on any atom is -0.497 e. The monoisotopic (exact) mass is 290 g/mol. The minimum absolute atomic E-state index is 0.169. The average Bonchev–Trinajstić information content (AvgIpc) is 2.94. The number of methoxy groups -OCH3 is 1. The highest BCUT2D eigenvalue weighted by Gasteiger charge is 2.12. The first-order valence-corrected chi connectivity index (χ1v) is 6.40. The number of hydrazine groups is 1. The molecule has 112 valence electrons. The topological polar surface area (TPSA) is 93.6 Å². The lowest BCUT2D eigenvalue weighted by Gasteiger charge is -2.15. The van der Waals surface area contributed by atoms with Crippen LogP contribution in [0.4, 0.5) is 0 Å². The molecule has 0 saturated carbocycles. The van der Waals surface area contributed by atoms with Gasteiger partial charge in [0.1, 0.15) is 5.75 Å². The lowest BCUT2D eigenvalue weighted by Crippen LogP contribution is -2.30. The molecule has 3 N–H and O–H groups in total. The van der Waals surface area contributed by atoms with Gasteiger partial charge in [0.05, 0.1) is 13.7 Å². The number of amides is 1. The Morgan fingerprint density at radius 1 is 1.43 bits per heavy atom. The van der Waals surface area contributed by atoms with Gasteiger partial charge in [-0.15, -0.1) is 0 Å². The number of aromatic nitrogens is 1. The highest BCUT2D eigenvalue weighted by Crippen LogP contribution is 2.15. The molecule has 0 aliphatic carbocycles. The van der Waals surface area contributed by atoms with E-state index in [0.29, 0.717) is 12.3 Å². The summed E-state index contributed by atoms with van der Waals surface area (Å²) in [6, 6.07) is 9.42. The maximum Gasteiger partial charge on any atom is 0.287 e. The van der Waals surface area contributed by atoms with E-state index in [9.17, 15) is 4.79 Å². The van der Waals surface area contributed by atoms with Crippen LogP contribution in [-0.4, -0.2) is 30.1 Å². The van der Waals surface area contributed by atoms with E-state index in [2.05, 4.69) is 5.16 Å². The Bertz CT molecular complexity index is 612. The van der Waals surface area contributed by atoms with Crippen LogP contribution in [0.1, 0.15) is 21.8 Å². The normalized spacial score (nSPS) is 10.7. The van der Waals surface area contributed by atoms with Crippen LogP contribution in [0, 0.1) is 0 Å². The molecule has 1 aromatic heterocycles. The molecule has 0 saturated heterocycles. The molecule has 7 nitrogen and oxygen atoms in total. The van der Waals surface area contributed by atoms with Crippen molar-refractivity contribution in [2.24, 2.45) is 5.84 Å². The summed E-state index contributed by atoms with van der Waals surface area (Å²) in [4.78, 5) is 13.3. The molecule has 7 heteroatoms. The van der Waals surface area contributed by atoms with Crippen molar-refractivity contribution >= 4 is 5.91 Å². The molecule has 2 rings (SSSR count). The SMILES string of the molecule is COc1cccc(CN(C)Cc2cc(C(=O)NN)no2)c1. The predicted molar refractivity (Wildman–Crippen MR) is 76.3 cm³/mol. The number of rotatable bonds is 6. The van der Waals surface area contributed by atoms with Crippen LogP contribution in [-0.2, 0) is 13.1 Å². The van der Waals surface area contributed by atoms with Crippen molar-refractivity contribution in [2.45, 2.75) is 13.1 Å². The highest BCUT2D eigenvalue weighted by atomic mass is 16.5. The number of ether oxygens (including phenoxy) is 1. The van der Waals surface area contributed by atoms with Crippen LogP contribution in [0.2, 0.25) is 0 Å². The molecule has 1 amide bonds. The third kappa shape index (κ3) is 4.04. The number of hydrogen-bond donors (Lipinski definition) is 2. The average molecular weight is 290 g/mol. The van der Waals surface area contributed by atoms with Crippen molar-refractivity contribution in [3.63, 3.8) is 0 Å². The van der Waals surface area contributed by atoms with Gasteiger partial charge in [0.2, 0.25) is 0 Å². The molecule has 0 aliphatic rings. The number of nitrogens with one attached hydrogen (secondary N) is 1. The van der Waals surface area contributed by atoms with Gasteiger partial charge in [-0.1, -0.05) is 17.3 Å². The summed E-state index contributed by atoms with van der Waals surface area (Å²) in [7, 11) is 3.59. The van der Waals surface area contributed by atoms with Crippen molar-refractivity contribution in [1.82, 2.24) is 15.5 Å². The molecule has 0 bridgehead atoms. The Morgan fingerprint density at radius 2 is 2.24 bits per heavy atom. The third-order valence-corrected chi connectivity index (χ3v) is 2.94. The van der Waals surface area contributed by atoms with Gasteiger partial charge in [0, 0.05) is 12.6 Å². The molecular formula is C14H18N4O3. The number of benzene rings is 1. The summed E-state index contributed by atoms with van der Waals surface area (Å²) in [5.41, 5.74) is 3.30. The molecule has 0 radical (unpaired) electrons. The fraction of sp³-hybridized carbons (Fsp3) is 0.286. The number of nitrogen functional groups attached to an aromatic ring is 1. The quantitative estimate of drug-likeness (QED) is 0.467. The molecule has 21 heavy (non-hydrogen) atoms. The van der Waals surface area contributed by atoms with Gasteiger partial charge in [-0.05, 0) is 24.7 Å². The Morgan fingerprint density at radius 3 is 2.95 bits per heavy atom. The van der Waals surface area contributed by atoms with Gasteiger partial charge in [-0.2, -0.15) is 0 Å². The molecule has 2 aromatic rings. The molecule has 0 fully saturated rings. The molecule has 0 unspecified atom stereocenters. The summed E-state index contributed by atoms with van der Waals surface area (Å²) < 4.78 is 10.3. The Balaban J connectivity index is 1.96. The van der Waals surface area contributed by atoms with Crippen molar-refractivity contribution in [1.29, 1.82) is 0 Å². The number of nitrogens with two attached hydrogens (primary N) is 1. The van der Waals surface area contributed by atoms with Crippen LogP contribution in [0.5, 0.6) is 5.75 Å². The maximum atomic E-state index is 11.3. The fourth-order valence-corrected chi connectivity index (χ4v) is 1.97. The van der Waals surface area contributed by atoms with E-state index in [4.69, 9.17) is 15.1 Å². The molecule has 1 heterocycles. The van der Waals surface area contributed by atoms with Crippen LogP contribution >= 0.6 is 0 Å². The first-order chi connectivity index (χ1) is 10.1. The van der Waals surface area contributed by atoms with Crippen LogP contribution in [0.25, 0.3) is 0 Å². The van der Waals surface area contributed by atoms with E-state index in [0.717, 1.165) is 17.9 Å².